The Kier molecular flexibility index (Phi) is 3.04. The lowest BCUT2D eigenvalue weighted by molar-refractivity contribution is -0.152. The summed E-state index contributed by atoms with van der Waals surface area (Å²) in [6.45, 7) is 9.49. The van der Waals surface area contributed by atoms with Crippen molar-refractivity contribution in [2.45, 2.75) is 39.7 Å². The van der Waals surface area contributed by atoms with E-state index < -0.39 is 0 Å². The van der Waals surface area contributed by atoms with Crippen LogP contribution in [0.5, 0.6) is 0 Å². The van der Waals surface area contributed by atoms with Gasteiger partial charge in [0.05, 0.1) is 19.3 Å². The topological polar surface area (TPSA) is 62.3 Å². The number of morpholine rings is 1. The Labute approximate surface area is 116 Å². The van der Waals surface area contributed by atoms with E-state index in [1.807, 2.05) is 0 Å². The highest BCUT2D eigenvalue weighted by atomic mass is 16.5. The Morgan fingerprint density at radius 2 is 2.11 bits per heavy atom. The summed E-state index contributed by atoms with van der Waals surface area (Å²) in [6, 6.07) is 0.322. The van der Waals surface area contributed by atoms with E-state index in [1.54, 1.807) is 0 Å². The van der Waals surface area contributed by atoms with Crippen molar-refractivity contribution in [3.8, 4) is 0 Å². The zero-order valence-corrected chi connectivity index (χ0v) is 12.4. The van der Waals surface area contributed by atoms with E-state index in [1.165, 1.54) is 12.8 Å². The maximum absolute atomic E-state index is 7.79. The summed E-state index contributed by atoms with van der Waals surface area (Å²) in [6.07, 6.45) is 2.68. The molecule has 0 amide bonds. The molecule has 5 atom stereocenters. The van der Waals surface area contributed by atoms with Gasteiger partial charge in [0.1, 0.15) is 0 Å². The van der Waals surface area contributed by atoms with E-state index in [2.05, 4.69) is 25.7 Å². The lowest BCUT2D eigenvalue weighted by Crippen LogP contribution is -2.62. The van der Waals surface area contributed by atoms with Gasteiger partial charge in [-0.15, -0.1) is 0 Å². The predicted octanol–water partition coefficient (Wildman–Crippen LogP) is 1.90. The van der Waals surface area contributed by atoms with Crippen LogP contribution >= 0.6 is 0 Å². The Hall–Kier alpha value is -0.770. The van der Waals surface area contributed by atoms with Crippen LogP contribution in [-0.4, -0.2) is 36.7 Å². The van der Waals surface area contributed by atoms with Crippen molar-refractivity contribution in [1.29, 1.82) is 5.41 Å². The summed E-state index contributed by atoms with van der Waals surface area (Å²) in [5.74, 6) is 3.27. The predicted molar refractivity (Wildman–Crippen MR) is 75.9 cm³/mol. The van der Waals surface area contributed by atoms with Gasteiger partial charge >= 0.3 is 0 Å². The van der Waals surface area contributed by atoms with Crippen molar-refractivity contribution in [3.63, 3.8) is 0 Å². The van der Waals surface area contributed by atoms with Gasteiger partial charge in [0.2, 0.25) is 0 Å². The summed E-state index contributed by atoms with van der Waals surface area (Å²) < 4.78 is 5.67. The van der Waals surface area contributed by atoms with Crippen LogP contribution in [0.15, 0.2) is 0 Å². The molecule has 108 valence electrons. The summed E-state index contributed by atoms with van der Waals surface area (Å²) in [5.41, 5.74) is 6.28. The first-order valence-corrected chi connectivity index (χ1v) is 7.61. The van der Waals surface area contributed by atoms with Crippen molar-refractivity contribution in [2.75, 3.05) is 19.8 Å². The molecule has 1 aliphatic heterocycles. The molecule has 4 rings (SSSR count). The highest BCUT2D eigenvalue weighted by Gasteiger charge is 2.58. The van der Waals surface area contributed by atoms with Crippen LogP contribution < -0.4 is 5.73 Å². The second-order valence-corrected chi connectivity index (χ2v) is 7.34. The molecule has 1 saturated heterocycles. The quantitative estimate of drug-likeness (QED) is 0.562. The lowest BCUT2D eigenvalue weighted by atomic mass is 9.43. The minimum Gasteiger partial charge on any atom is -0.377 e. The van der Waals surface area contributed by atoms with Crippen LogP contribution in [0.3, 0.4) is 0 Å². The minimum atomic E-state index is 0.221. The number of ether oxygens (including phenoxy) is 1. The van der Waals surface area contributed by atoms with Gasteiger partial charge < -0.3 is 15.4 Å². The molecule has 3 saturated carbocycles. The number of rotatable bonds is 1. The van der Waals surface area contributed by atoms with Crippen LogP contribution in [0.25, 0.3) is 0 Å². The maximum Gasteiger partial charge on any atom is 0.188 e. The van der Waals surface area contributed by atoms with Crippen LogP contribution in [-0.2, 0) is 4.74 Å². The fourth-order valence-corrected chi connectivity index (χ4v) is 4.97. The SMILES string of the molecule is C[C@@H]1[C@@H](C2COCCN2C(=N)N)C[C@@H]2C[C@H]1C2(C)C. The number of nitrogens with one attached hydrogen (secondary N) is 1. The van der Waals surface area contributed by atoms with E-state index in [0.29, 0.717) is 29.9 Å². The maximum atomic E-state index is 7.79. The zero-order chi connectivity index (χ0) is 13.8. The second-order valence-electron chi connectivity index (χ2n) is 7.34. The first-order valence-electron chi connectivity index (χ1n) is 7.61. The summed E-state index contributed by atoms with van der Waals surface area (Å²) in [4.78, 5) is 2.07. The number of guanidine groups is 1. The van der Waals surface area contributed by atoms with Gasteiger partial charge in [-0.25, -0.2) is 0 Å². The minimum absolute atomic E-state index is 0.221. The first kappa shape index (κ1) is 13.2. The Morgan fingerprint density at radius 3 is 2.68 bits per heavy atom. The van der Waals surface area contributed by atoms with Crippen molar-refractivity contribution in [3.05, 3.63) is 0 Å². The molecule has 0 spiro atoms. The van der Waals surface area contributed by atoms with E-state index in [4.69, 9.17) is 15.9 Å². The van der Waals surface area contributed by atoms with Gasteiger partial charge in [-0.3, -0.25) is 5.41 Å². The lowest BCUT2D eigenvalue weighted by Gasteiger charge is -2.64. The van der Waals surface area contributed by atoms with E-state index in [-0.39, 0.29) is 5.96 Å². The van der Waals surface area contributed by atoms with Crippen molar-refractivity contribution in [1.82, 2.24) is 4.90 Å². The Morgan fingerprint density at radius 1 is 1.37 bits per heavy atom. The van der Waals surface area contributed by atoms with Crippen LogP contribution in [0.1, 0.15) is 33.6 Å². The molecule has 19 heavy (non-hydrogen) atoms. The number of hydrogen-bond acceptors (Lipinski definition) is 2. The van der Waals surface area contributed by atoms with Crippen LogP contribution in [0.2, 0.25) is 0 Å². The first-order chi connectivity index (χ1) is 8.93. The van der Waals surface area contributed by atoms with Gasteiger partial charge in [-0.2, -0.15) is 0 Å². The molecular formula is C15H27N3O. The highest BCUT2D eigenvalue weighted by Crippen LogP contribution is 2.63. The van der Waals surface area contributed by atoms with E-state index in [0.717, 1.165) is 25.0 Å². The normalized spacial score (nSPS) is 44.6. The molecule has 4 aliphatic rings. The highest BCUT2D eigenvalue weighted by molar-refractivity contribution is 5.75. The third-order valence-electron chi connectivity index (χ3n) is 6.38. The fourth-order valence-electron chi connectivity index (χ4n) is 4.97. The molecule has 0 aromatic carbocycles. The number of nitrogens with zero attached hydrogens (tertiary/aromatic N) is 1. The molecule has 0 aromatic rings. The molecule has 0 radical (unpaired) electrons. The summed E-state index contributed by atoms with van der Waals surface area (Å²) in [5, 5.41) is 7.79. The fraction of sp³-hybridized carbons (Fsp3) is 0.933. The van der Waals surface area contributed by atoms with Crippen molar-refractivity contribution in [2.24, 2.45) is 34.8 Å². The molecule has 4 fully saturated rings. The molecule has 3 aliphatic carbocycles. The number of nitrogens with two attached hydrogens (primary N) is 1. The summed E-state index contributed by atoms with van der Waals surface area (Å²) >= 11 is 0. The molecule has 0 aromatic heterocycles. The third kappa shape index (κ3) is 1.87. The third-order valence-corrected chi connectivity index (χ3v) is 6.38. The molecular weight excluding hydrogens is 238 g/mol. The summed E-state index contributed by atoms with van der Waals surface area (Å²) in [7, 11) is 0. The molecule has 4 nitrogen and oxygen atoms in total. The largest absolute Gasteiger partial charge is 0.377 e. The molecule has 4 heteroatoms. The molecule has 1 heterocycles. The Bertz CT molecular complexity index is 382. The number of fused-ring (bicyclic) bond motifs is 2. The monoisotopic (exact) mass is 265 g/mol. The average molecular weight is 265 g/mol. The van der Waals surface area contributed by atoms with E-state index in [9.17, 15) is 0 Å². The van der Waals surface area contributed by atoms with Crippen molar-refractivity contribution >= 4 is 5.96 Å². The van der Waals surface area contributed by atoms with E-state index >= 15 is 0 Å². The molecule has 3 N–H and O–H groups in total. The standard InChI is InChI=1S/C15H27N3O/c1-9-11(6-10-7-12(9)15(10,2)3)13-8-19-5-4-18(13)14(16)17/h9-13H,4-8H2,1-3H3,(H3,16,17)/t9-,10-,11+,12-,13?/m1/s1. The van der Waals surface area contributed by atoms with Gasteiger partial charge in [-0.05, 0) is 41.9 Å². The Balaban J connectivity index is 1.77. The van der Waals surface area contributed by atoms with Gasteiger partial charge in [0.25, 0.3) is 0 Å². The smallest absolute Gasteiger partial charge is 0.188 e. The average Bonchev–Trinajstić information content (AvgIpc) is 2.38. The van der Waals surface area contributed by atoms with Gasteiger partial charge in [-0.1, -0.05) is 20.8 Å². The van der Waals surface area contributed by atoms with Crippen molar-refractivity contribution < 1.29 is 4.74 Å². The molecule has 1 unspecified atom stereocenters. The van der Waals surface area contributed by atoms with Crippen LogP contribution in [0, 0.1) is 34.5 Å². The second kappa shape index (κ2) is 4.37. The number of hydrogen-bond donors (Lipinski definition) is 2. The zero-order valence-electron chi connectivity index (χ0n) is 12.4. The van der Waals surface area contributed by atoms with Crippen LogP contribution in [0.4, 0.5) is 0 Å². The van der Waals surface area contributed by atoms with Gasteiger partial charge in [0.15, 0.2) is 5.96 Å². The molecule has 2 bridgehead atoms. The van der Waals surface area contributed by atoms with Gasteiger partial charge in [0, 0.05) is 6.54 Å².